The van der Waals surface area contributed by atoms with E-state index in [2.05, 4.69) is 30.9 Å². The summed E-state index contributed by atoms with van der Waals surface area (Å²) in [7, 11) is 6.22. The molecule has 0 radical (unpaired) electrons. The molecule has 0 saturated carbocycles. The van der Waals surface area contributed by atoms with E-state index in [1.807, 2.05) is 24.3 Å². The first-order valence-corrected chi connectivity index (χ1v) is 5.76. The summed E-state index contributed by atoms with van der Waals surface area (Å²) in [4.78, 5) is 4.40. The topological polar surface area (TPSA) is 56.4 Å². The molecule has 0 bridgehead atoms. The number of rotatable bonds is 6. The zero-order chi connectivity index (χ0) is 12.8. The second kappa shape index (κ2) is 6.37. The standard InChI is InChI=1S/C13H22N4/c1-16(2)8-9-17(3)10-11-6-4-5-7-12(11)13(14)15/h4-7H,8-10H2,1-3H3,(H3,14,15). The van der Waals surface area contributed by atoms with Crippen molar-refractivity contribution in [3.63, 3.8) is 0 Å². The Balaban J connectivity index is 2.64. The van der Waals surface area contributed by atoms with Crippen LogP contribution in [-0.4, -0.2) is 49.9 Å². The van der Waals surface area contributed by atoms with Crippen LogP contribution in [0.25, 0.3) is 0 Å². The van der Waals surface area contributed by atoms with Crippen molar-refractivity contribution in [1.29, 1.82) is 5.41 Å². The number of nitrogens with two attached hydrogens (primary N) is 1. The van der Waals surface area contributed by atoms with E-state index in [-0.39, 0.29) is 5.84 Å². The molecule has 0 aliphatic heterocycles. The molecule has 0 aliphatic rings. The highest BCUT2D eigenvalue weighted by molar-refractivity contribution is 5.96. The lowest BCUT2D eigenvalue weighted by Gasteiger charge is -2.20. The highest BCUT2D eigenvalue weighted by Crippen LogP contribution is 2.10. The minimum atomic E-state index is 0.140. The summed E-state index contributed by atoms with van der Waals surface area (Å²) in [6, 6.07) is 7.84. The van der Waals surface area contributed by atoms with E-state index < -0.39 is 0 Å². The third-order valence-electron chi connectivity index (χ3n) is 2.68. The van der Waals surface area contributed by atoms with Gasteiger partial charge < -0.3 is 15.5 Å². The fourth-order valence-electron chi connectivity index (χ4n) is 1.66. The van der Waals surface area contributed by atoms with Crippen molar-refractivity contribution >= 4 is 5.84 Å². The molecule has 3 N–H and O–H groups in total. The zero-order valence-electron chi connectivity index (χ0n) is 10.9. The van der Waals surface area contributed by atoms with Gasteiger partial charge in [0.05, 0.1) is 0 Å². The molecular formula is C13H22N4. The maximum atomic E-state index is 7.54. The molecule has 1 rings (SSSR count). The Hall–Kier alpha value is -1.39. The molecule has 0 unspecified atom stereocenters. The Morgan fingerprint density at radius 2 is 1.82 bits per heavy atom. The van der Waals surface area contributed by atoms with Crippen LogP contribution in [0.4, 0.5) is 0 Å². The average molecular weight is 234 g/mol. The molecule has 94 valence electrons. The van der Waals surface area contributed by atoms with Gasteiger partial charge in [-0.1, -0.05) is 24.3 Å². The van der Waals surface area contributed by atoms with Gasteiger partial charge in [0.2, 0.25) is 0 Å². The first kappa shape index (κ1) is 13.7. The zero-order valence-corrected chi connectivity index (χ0v) is 10.9. The number of nitrogen functional groups attached to an aromatic ring is 1. The van der Waals surface area contributed by atoms with E-state index in [0.717, 1.165) is 30.8 Å². The lowest BCUT2D eigenvalue weighted by Crippen LogP contribution is -2.29. The van der Waals surface area contributed by atoms with Gasteiger partial charge in [0, 0.05) is 25.2 Å². The van der Waals surface area contributed by atoms with Crippen molar-refractivity contribution in [2.75, 3.05) is 34.2 Å². The van der Waals surface area contributed by atoms with Crippen molar-refractivity contribution in [2.24, 2.45) is 5.73 Å². The monoisotopic (exact) mass is 234 g/mol. The number of likely N-dealkylation sites (N-methyl/N-ethyl adjacent to an activating group) is 2. The molecule has 0 spiro atoms. The van der Waals surface area contributed by atoms with E-state index in [1.54, 1.807) is 0 Å². The van der Waals surface area contributed by atoms with Gasteiger partial charge in [-0.05, 0) is 26.7 Å². The smallest absolute Gasteiger partial charge is 0.123 e. The maximum absolute atomic E-state index is 7.54. The Morgan fingerprint density at radius 1 is 1.18 bits per heavy atom. The number of amidine groups is 1. The molecule has 4 nitrogen and oxygen atoms in total. The summed E-state index contributed by atoms with van der Waals surface area (Å²) in [6.07, 6.45) is 0. The van der Waals surface area contributed by atoms with Crippen LogP contribution in [-0.2, 0) is 6.54 Å². The van der Waals surface area contributed by atoms with E-state index in [4.69, 9.17) is 11.1 Å². The third-order valence-corrected chi connectivity index (χ3v) is 2.68. The number of hydrogen-bond donors (Lipinski definition) is 2. The van der Waals surface area contributed by atoms with Gasteiger partial charge in [0.1, 0.15) is 5.84 Å². The Morgan fingerprint density at radius 3 is 2.41 bits per heavy atom. The number of nitrogens with one attached hydrogen (secondary N) is 1. The SMILES string of the molecule is CN(C)CCN(C)Cc1ccccc1C(=N)N. The van der Waals surface area contributed by atoms with Crippen molar-refractivity contribution in [1.82, 2.24) is 9.80 Å². The molecule has 0 amide bonds. The van der Waals surface area contributed by atoms with Crippen LogP contribution in [0.2, 0.25) is 0 Å². The van der Waals surface area contributed by atoms with Crippen LogP contribution in [0.15, 0.2) is 24.3 Å². The van der Waals surface area contributed by atoms with Gasteiger partial charge in [-0.25, -0.2) is 0 Å². The van der Waals surface area contributed by atoms with Crippen molar-refractivity contribution in [2.45, 2.75) is 6.54 Å². The fourth-order valence-corrected chi connectivity index (χ4v) is 1.66. The van der Waals surface area contributed by atoms with Crippen LogP contribution in [0.1, 0.15) is 11.1 Å². The van der Waals surface area contributed by atoms with Crippen LogP contribution >= 0.6 is 0 Å². The molecule has 0 aromatic heterocycles. The first-order chi connectivity index (χ1) is 8.00. The maximum Gasteiger partial charge on any atom is 0.123 e. The van der Waals surface area contributed by atoms with Gasteiger partial charge >= 0.3 is 0 Å². The van der Waals surface area contributed by atoms with Crippen molar-refractivity contribution in [3.05, 3.63) is 35.4 Å². The second-order valence-electron chi connectivity index (χ2n) is 4.61. The molecule has 0 heterocycles. The highest BCUT2D eigenvalue weighted by atomic mass is 15.1. The predicted octanol–water partition coefficient (Wildman–Crippen LogP) is 0.964. The van der Waals surface area contributed by atoms with Crippen LogP contribution in [0.5, 0.6) is 0 Å². The molecule has 4 heteroatoms. The van der Waals surface area contributed by atoms with E-state index in [0.29, 0.717) is 0 Å². The normalized spacial score (nSPS) is 11.1. The minimum Gasteiger partial charge on any atom is -0.384 e. The van der Waals surface area contributed by atoms with Gasteiger partial charge in [-0.2, -0.15) is 0 Å². The molecule has 0 saturated heterocycles. The Labute approximate surface area is 104 Å². The van der Waals surface area contributed by atoms with Crippen LogP contribution in [0, 0.1) is 5.41 Å². The third kappa shape index (κ3) is 4.54. The molecule has 1 aromatic carbocycles. The number of hydrogen-bond acceptors (Lipinski definition) is 3. The van der Waals surface area contributed by atoms with Gasteiger partial charge in [-0.15, -0.1) is 0 Å². The van der Waals surface area contributed by atoms with E-state index in [1.165, 1.54) is 0 Å². The van der Waals surface area contributed by atoms with Gasteiger partial charge in [0.15, 0.2) is 0 Å². The van der Waals surface area contributed by atoms with Crippen molar-refractivity contribution < 1.29 is 0 Å². The fraction of sp³-hybridized carbons (Fsp3) is 0.462. The van der Waals surface area contributed by atoms with Crippen molar-refractivity contribution in [3.8, 4) is 0 Å². The van der Waals surface area contributed by atoms with Gasteiger partial charge in [-0.3, -0.25) is 5.41 Å². The average Bonchev–Trinajstić information content (AvgIpc) is 2.27. The minimum absolute atomic E-state index is 0.140. The summed E-state index contributed by atoms with van der Waals surface area (Å²) in [5.41, 5.74) is 7.52. The molecule has 17 heavy (non-hydrogen) atoms. The quantitative estimate of drug-likeness (QED) is 0.569. The Bertz CT molecular complexity index is 373. The number of benzene rings is 1. The summed E-state index contributed by atoms with van der Waals surface area (Å²) in [6.45, 7) is 2.85. The molecule has 0 atom stereocenters. The predicted molar refractivity (Wildman–Crippen MR) is 72.3 cm³/mol. The Kier molecular flexibility index (Phi) is 5.12. The molecular weight excluding hydrogens is 212 g/mol. The second-order valence-corrected chi connectivity index (χ2v) is 4.61. The lowest BCUT2D eigenvalue weighted by atomic mass is 10.1. The van der Waals surface area contributed by atoms with Crippen LogP contribution in [0.3, 0.4) is 0 Å². The summed E-state index contributed by atoms with van der Waals surface area (Å²) in [5.74, 6) is 0.140. The van der Waals surface area contributed by atoms with E-state index >= 15 is 0 Å². The van der Waals surface area contributed by atoms with E-state index in [9.17, 15) is 0 Å². The van der Waals surface area contributed by atoms with Gasteiger partial charge in [0.25, 0.3) is 0 Å². The first-order valence-electron chi connectivity index (χ1n) is 5.76. The van der Waals surface area contributed by atoms with Crippen LogP contribution < -0.4 is 5.73 Å². The largest absolute Gasteiger partial charge is 0.384 e. The number of nitrogens with zero attached hydrogens (tertiary/aromatic N) is 2. The summed E-state index contributed by atoms with van der Waals surface area (Å²) >= 11 is 0. The summed E-state index contributed by atoms with van der Waals surface area (Å²) < 4.78 is 0. The highest BCUT2D eigenvalue weighted by Gasteiger charge is 2.07. The molecule has 0 aliphatic carbocycles. The molecule has 1 aromatic rings. The molecule has 0 fully saturated rings. The lowest BCUT2D eigenvalue weighted by molar-refractivity contribution is 0.276. The summed E-state index contributed by atoms with van der Waals surface area (Å²) in [5, 5.41) is 7.54.